The van der Waals surface area contributed by atoms with Gasteiger partial charge < -0.3 is 19.2 Å². The van der Waals surface area contributed by atoms with Gasteiger partial charge in [-0.05, 0) is 31.4 Å². The highest BCUT2D eigenvalue weighted by Crippen LogP contribution is 2.39. The summed E-state index contributed by atoms with van der Waals surface area (Å²) in [5.41, 5.74) is 2.84. The van der Waals surface area contributed by atoms with E-state index in [2.05, 4.69) is 17.2 Å². The van der Waals surface area contributed by atoms with E-state index < -0.39 is 0 Å². The highest BCUT2D eigenvalue weighted by atomic mass is 16.5. The van der Waals surface area contributed by atoms with Crippen LogP contribution in [0, 0.1) is 0 Å². The molecule has 1 amide bonds. The van der Waals surface area contributed by atoms with E-state index in [-0.39, 0.29) is 5.91 Å². The predicted octanol–water partition coefficient (Wildman–Crippen LogP) is 4.05. The number of fused-ring (bicyclic) bond motifs is 1. The van der Waals surface area contributed by atoms with Crippen LogP contribution in [0.1, 0.15) is 54.6 Å². The van der Waals surface area contributed by atoms with Crippen LogP contribution in [0.2, 0.25) is 0 Å². The van der Waals surface area contributed by atoms with Crippen LogP contribution in [0.3, 0.4) is 0 Å². The lowest BCUT2D eigenvalue weighted by Crippen LogP contribution is -2.16. The van der Waals surface area contributed by atoms with E-state index in [0.717, 1.165) is 24.2 Å². The summed E-state index contributed by atoms with van der Waals surface area (Å²) in [6.45, 7) is 2.66. The molecule has 146 valence electrons. The molecule has 1 N–H and O–H groups in total. The maximum Gasteiger partial charge on any atom is 0.261 e. The quantitative estimate of drug-likeness (QED) is 0.597. The van der Waals surface area contributed by atoms with Crippen LogP contribution < -0.4 is 14.8 Å². The van der Waals surface area contributed by atoms with E-state index in [1.165, 1.54) is 20.0 Å². The SMILES string of the molecule is CCCCOc1cc2nc(C3CC3)cn2cc1C(=O)Nc1cccnc1OC. The molecule has 3 aromatic heterocycles. The summed E-state index contributed by atoms with van der Waals surface area (Å²) in [5.74, 6) is 1.17. The number of imidazole rings is 1. The van der Waals surface area contributed by atoms with E-state index in [1.54, 1.807) is 24.5 Å². The fraction of sp³-hybridized carbons (Fsp3) is 0.381. The van der Waals surface area contributed by atoms with Crippen LogP contribution in [-0.2, 0) is 0 Å². The maximum atomic E-state index is 13.0. The smallest absolute Gasteiger partial charge is 0.261 e. The Kier molecular flexibility index (Phi) is 5.14. The number of methoxy groups -OCH3 is 1. The Balaban J connectivity index is 1.67. The first-order chi connectivity index (χ1) is 13.7. The van der Waals surface area contributed by atoms with Crippen molar-refractivity contribution in [2.45, 2.75) is 38.5 Å². The standard InChI is InChI=1S/C21H24N4O3/c1-3-4-10-28-18-11-19-23-17(14-7-8-14)13-25(19)12-15(18)20(26)24-16-6-5-9-22-21(16)27-2/h5-6,9,11-14H,3-4,7-8,10H2,1-2H3,(H,24,26). The zero-order valence-corrected chi connectivity index (χ0v) is 16.1. The number of carbonyl (C=O) groups is 1. The first kappa shape index (κ1) is 18.3. The van der Waals surface area contributed by atoms with Gasteiger partial charge in [0, 0.05) is 30.6 Å². The number of pyridine rings is 2. The van der Waals surface area contributed by atoms with Crippen molar-refractivity contribution in [1.82, 2.24) is 14.4 Å². The second-order valence-electron chi connectivity index (χ2n) is 6.97. The third kappa shape index (κ3) is 3.78. The van der Waals surface area contributed by atoms with E-state index in [0.29, 0.717) is 35.4 Å². The van der Waals surface area contributed by atoms with Crippen molar-refractivity contribution in [3.8, 4) is 11.6 Å². The molecular weight excluding hydrogens is 356 g/mol. The number of unbranched alkanes of at least 4 members (excludes halogenated alkanes) is 1. The molecule has 7 nitrogen and oxygen atoms in total. The summed E-state index contributed by atoms with van der Waals surface area (Å²) >= 11 is 0. The first-order valence-electron chi connectivity index (χ1n) is 9.65. The van der Waals surface area contributed by atoms with Crippen LogP contribution >= 0.6 is 0 Å². The van der Waals surface area contributed by atoms with Gasteiger partial charge in [-0.2, -0.15) is 0 Å². The van der Waals surface area contributed by atoms with E-state index in [4.69, 9.17) is 14.5 Å². The molecule has 1 fully saturated rings. The molecule has 3 heterocycles. The van der Waals surface area contributed by atoms with Crippen molar-refractivity contribution in [2.24, 2.45) is 0 Å². The number of nitrogens with one attached hydrogen (secondary N) is 1. The molecule has 1 aliphatic carbocycles. The molecule has 0 bridgehead atoms. The minimum absolute atomic E-state index is 0.277. The van der Waals surface area contributed by atoms with Crippen molar-refractivity contribution < 1.29 is 14.3 Å². The van der Waals surface area contributed by atoms with Gasteiger partial charge in [0.05, 0.1) is 25.0 Å². The zero-order chi connectivity index (χ0) is 19.5. The number of ether oxygens (including phenoxy) is 2. The fourth-order valence-corrected chi connectivity index (χ4v) is 3.07. The minimum Gasteiger partial charge on any atom is -0.493 e. The van der Waals surface area contributed by atoms with Gasteiger partial charge in [0.2, 0.25) is 5.88 Å². The van der Waals surface area contributed by atoms with Crippen molar-refractivity contribution >= 4 is 17.2 Å². The molecule has 0 atom stereocenters. The monoisotopic (exact) mass is 380 g/mol. The van der Waals surface area contributed by atoms with Gasteiger partial charge in [0.15, 0.2) is 0 Å². The summed E-state index contributed by atoms with van der Waals surface area (Å²) in [6.07, 6.45) is 9.70. The largest absolute Gasteiger partial charge is 0.493 e. The van der Waals surface area contributed by atoms with E-state index in [1.807, 2.05) is 16.7 Å². The lowest BCUT2D eigenvalue weighted by atomic mass is 10.2. The number of amides is 1. The third-order valence-corrected chi connectivity index (χ3v) is 4.78. The Hall–Kier alpha value is -3.09. The number of carbonyl (C=O) groups excluding carboxylic acids is 1. The Morgan fingerprint density at radius 1 is 1.36 bits per heavy atom. The van der Waals surface area contributed by atoms with E-state index in [9.17, 15) is 4.79 Å². The van der Waals surface area contributed by atoms with Gasteiger partial charge in [-0.15, -0.1) is 0 Å². The molecule has 1 aliphatic rings. The van der Waals surface area contributed by atoms with Crippen LogP contribution in [0.25, 0.3) is 5.65 Å². The fourth-order valence-electron chi connectivity index (χ4n) is 3.07. The Morgan fingerprint density at radius 2 is 2.21 bits per heavy atom. The van der Waals surface area contributed by atoms with Gasteiger partial charge in [0.25, 0.3) is 5.91 Å². The molecule has 0 spiro atoms. The molecule has 0 unspecified atom stereocenters. The summed E-state index contributed by atoms with van der Waals surface area (Å²) < 4.78 is 13.1. The van der Waals surface area contributed by atoms with Crippen LogP contribution in [-0.4, -0.2) is 34.0 Å². The maximum absolute atomic E-state index is 13.0. The summed E-state index contributed by atoms with van der Waals surface area (Å²) in [4.78, 5) is 21.8. The average molecular weight is 380 g/mol. The number of hydrogen-bond donors (Lipinski definition) is 1. The number of hydrogen-bond acceptors (Lipinski definition) is 5. The topological polar surface area (TPSA) is 77.8 Å². The highest BCUT2D eigenvalue weighted by Gasteiger charge is 2.27. The zero-order valence-electron chi connectivity index (χ0n) is 16.1. The van der Waals surface area contributed by atoms with Gasteiger partial charge >= 0.3 is 0 Å². The molecule has 1 saturated carbocycles. The molecule has 0 aromatic carbocycles. The minimum atomic E-state index is -0.277. The molecule has 7 heteroatoms. The van der Waals surface area contributed by atoms with Crippen molar-refractivity contribution in [3.05, 3.63) is 48.0 Å². The van der Waals surface area contributed by atoms with Crippen LogP contribution in [0.4, 0.5) is 5.69 Å². The summed E-state index contributed by atoms with van der Waals surface area (Å²) in [7, 11) is 1.52. The second-order valence-corrected chi connectivity index (χ2v) is 6.97. The average Bonchev–Trinajstić information content (AvgIpc) is 3.47. The first-order valence-corrected chi connectivity index (χ1v) is 9.65. The van der Waals surface area contributed by atoms with Crippen molar-refractivity contribution in [3.63, 3.8) is 0 Å². The highest BCUT2D eigenvalue weighted by molar-refractivity contribution is 6.06. The third-order valence-electron chi connectivity index (χ3n) is 4.78. The molecular formula is C21H24N4O3. The van der Waals surface area contributed by atoms with Gasteiger partial charge in [-0.25, -0.2) is 9.97 Å². The lowest BCUT2D eigenvalue weighted by Gasteiger charge is -2.13. The summed E-state index contributed by atoms with van der Waals surface area (Å²) in [6, 6.07) is 5.34. The normalized spacial score (nSPS) is 13.5. The van der Waals surface area contributed by atoms with Gasteiger partial charge in [0.1, 0.15) is 17.1 Å². The van der Waals surface area contributed by atoms with Crippen molar-refractivity contribution in [2.75, 3.05) is 19.0 Å². The van der Waals surface area contributed by atoms with Crippen molar-refractivity contribution in [1.29, 1.82) is 0 Å². The molecule has 3 aromatic rings. The summed E-state index contributed by atoms with van der Waals surface area (Å²) in [5, 5.41) is 2.87. The van der Waals surface area contributed by atoms with Gasteiger partial charge in [-0.3, -0.25) is 4.79 Å². The molecule has 0 radical (unpaired) electrons. The number of rotatable bonds is 8. The Morgan fingerprint density at radius 3 is 2.96 bits per heavy atom. The van der Waals surface area contributed by atoms with E-state index >= 15 is 0 Å². The Labute approximate surface area is 163 Å². The molecule has 0 saturated heterocycles. The van der Waals surface area contributed by atoms with Gasteiger partial charge in [-0.1, -0.05) is 13.3 Å². The molecule has 4 rings (SSSR count). The number of nitrogens with zero attached hydrogens (tertiary/aromatic N) is 3. The van der Waals surface area contributed by atoms with Crippen LogP contribution in [0.15, 0.2) is 36.8 Å². The number of aromatic nitrogens is 3. The predicted molar refractivity (Wildman–Crippen MR) is 106 cm³/mol. The number of anilines is 1. The second kappa shape index (κ2) is 7.88. The lowest BCUT2D eigenvalue weighted by molar-refractivity contribution is 0.102. The van der Waals surface area contributed by atoms with Crippen LogP contribution in [0.5, 0.6) is 11.6 Å². The Bertz CT molecular complexity index is 994. The molecule has 0 aliphatic heterocycles. The molecule has 28 heavy (non-hydrogen) atoms.